The van der Waals surface area contributed by atoms with E-state index in [0.29, 0.717) is 6.54 Å². The van der Waals surface area contributed by atoms with Gasteiger partial charge in [0.1, 0.15) is 0 Å². The molecule has 1 amide bonds. The lowest BCUT2D eigenvalue weighted by Gasteiger charge is -2.32. The molecule has 146 valence electrons. The summed E-state index contributed by atoms with van der Waals surface area (Å²) in [5, 5.41) is 13.9. The Kier molecular flexibility index (Phi) is 6.88. The van der Waals surface area contributed by atoms with Crippen LogP contribution in [0.5, 0.6) is 0 Å². The summed E-state index contributed by atoms with van der Waals surface area (Å²) in [6.45, 7) is 5.26. The molecule has 1 aliphatic rings. The maximum Gasteiger partial charge on any atom is 0.261 e. The number of likely N-dealkylation sites (N-methyl/N-ethyl adjacent to an activating group) is 1. The van der Waals surface area contributed by atoms with Crippen molar-refractivity contribution in [1.82, 2.24) is 10.2 Å². The minimum Gasteiger partial charge on any atom is -0.392 e. The third kappa shape index (κ3) is 5.09. The number of amides is 1. The highest BCUT2D eigenvalue weighted by Gasteiger charge is 2.27. The summed E-state index contributed by atoms with van der Waals surface area (Å²) in [6, 6.07) is 14.6. The minimum atomic E-state index is -0.220. The van der Waals surface area contributed by atoms with E-state index in [4.69, 9.17) is 0 Å². The monoisotopic (exact) mass is 387 g/mol. The number of aliphatic hydroxyl groups excluding tert-OH is 1. The van der Waals surface area contributed by atoms with Crippen molar-refractivity contribution in [1.29, 1.82) is 0 Å². The third-order valence-electron chi connectivity index (χ3n) is 5.03. The molecule has 1 saturated heterocycles. The van der Waals surface area contributed by atoms with Crippen molar-refractivity contribution in [3.05, 3.63) is 52.9 Å². The van der Waals surface area contributed by atoms with E-state index in [1.807, 2.05) is 25.1 Å². The SMILES string of the molecule is CCCNC(=O)c1ccc(N(C)C(CN2CCC(O)C2)c2ccccc2)s1. The van der Waals surface area contributed by atoms with Crippen molar-refractivity contribution in [3.63, 3.8) is 0 Å². The zero-order chi connectivity index (χ0) is 19.2. The minimum absolute atomic E-state index is 0.000395. The van der Waals surface area contributed by atoms with Crippen LogP contribution < -0.4 is 10.2 Å². The third-order valence-corrected chi connectivity index (χ3v) is 6.20. The van der Waals surface area contributed by atoms with Crippen molar-refractivity contribution in [2.45, 2.75) is 31.9 Å². The van der Waals surface area contributed by atoms with Crippen molar-refractivity contribution < 1.29 is 9.90 Å². The molecule has 5 nitrogen and oxygen atoms in total. The Bertz CT molecular complexity index is 734. The van der Waals surface area contributed by atoms with E-state index in [9.17, 15) is 9.90 Å². The van der Waals surface area contributed by atoms with Gasteiger partial charge >= 0.3 is 0 Å². The number of rotatable bonds is 8. The van der Waals surface area contributed by atoms with Gasteiger partial charge in [-0.3, -0.25) is 9.69 Å². The summed E-state index contributed by atoms with van der Waals surface area (Å²) in [5.41, 5.74) is 1.24. The number of carbonyl (C=O) groups excluding carboxylic acids is 1. The Morgan fingerprint density at radius 3 is 2.78 bits per heavy atom. The van der Waals surface area contributed by atoms with Crippen LogP contribution in [-0.4, -0.2) is 55.2 Å². The Morgan fingerprint density at radius 2 is 2.11 bits per heavy atom. The number of likely N-dealkylation sites (tertiary alicyclic amines) is 1. The molecule has 0 aliphatic carbocycles. The highest BCUT2D eigenvalue weighted by Crippen LogP contribution is 2.33. The van der Waals surface area contributed by atoms with Crippen LogP contribution in [0.25, 0.3) is 0 Å². The van der Waals surface area contributed by atoms with Crippen molar-refractivity contribution in [2.24, 2.45) is 0 Å². The quantitative estimate of drug-likeness (QED) is 0.731. The fourth-order valence-electron chi connectivity index (χ4n) is 3.47. The lowest BCUT2D eigenvalue weighted by molar-refractivity contribution is 0.0957. The maximum absolute atomic E-state index is 12.2. The molecule has 1 aromatic carbocycles. The van der Waals surface area contributed by atoms with Gasteiger partial charge in [-0.15, -0.1) is 11.3 Å². The average Bonchev–Trinajstić information content (AvgIpc) is 3.33. The summed E-state index contributed by atoms with van der Waals surface area (Å²) >= 11 is 1.53. The molecule has 2 aromatic rings. The lowest BCUT2D eigenvalue weighted by Crippen LogP contribution is -2.35. The smallest absolute Gasteiger partial charge is 0.261 e. The molecule has 0 bridgehead atoms. The second-order valence-corrected chi connectivity index (χ2v) is 8.20. The molecule has 3 rings (SSSR count). The average molecular weight is 388 g/mol. The van der Waals surface area contributed by atoms with Crippen LogP contribution in [0.1, 0.15) is 41.0 Å². The van der Waals surface area contributed by atoms with Crippen LogP contribution in [0.15, 0.2) is 42.5 Å². The topological polar surface area (TPSA) is 55.8 Å². The molecule has 1 aromatic heterocycles. The zero-order valence-electron chi connectivity index (χ0n) is 16.1. The Hall–Kier alpha value is -1.89. The first-order valence-corrected chi connectivity index (χ1v) is 10.5. The fraction of sp³-hybridized carbons (Fsp3) is 0.476. The summed E-state index contributed by atoms with van der Waals surface area (Å²) in [4.78, 5) is 17.6. The van der Waals surface area contributed by atoms with Crippen LogP contribution in [0, 0.1) is 0 Å². The number of anilines is 1. The highest BCUT2D eigenvalue weighted by molar-refractivity contribution is 7.18. The normalized spacial score (nSPS) is 18.4. The van der Waals surface area contributed by atoms with Crippen molar-refractivity contribution in [2.75, 3.05) is 38.1 Å². The van der Waals surface area contributed by atoms with E-state index < -0.39 is 0 Å². The van der Waals surface area contributed by atoms with Gasteiger partial charge in [-0.2, -0.15) is 0 Å². The van der Waals surface area contributed by atoms with Gasteiger partial charge < -0.3 is 15.3 Å². The van der Waals surface area contributed by atoms with E-state index in [0.717, 1.165) is 42.4 Å². The van der Waals surface area contributed by atoms with Gasteiger partial charge in [-0.05, 0) is 30.5 Å². The predicted molar refractivity (Wildman–Crippen MR) is 112 cm³/mol. The van der Waals surface area contributed by atoms with Gasteiger partial charge in [-0.25, -0.2) is 0 Å². The summed E-state index contributed by atoms with van der Waals surface area (Å²) < 4.78 is 0. The molecule has 2 atom stereocenters. The van der Waals surface area contributed by atoms with Crippen LogP contribution >= 0.6 is 11.3 Å². The highest BCUT2D eigenvalue weighted by atomic mass is 32.1. The second kappa shape index (κ2) is 9.35. The van der Waals surface area contributed by atoms with Crippen molar-refractivity contribution >= 4 is 22.2 Å². The molecule has 27 heavy (non-hydrogen) atoms. The van der Waals surface area contributed by atoms with E-state index in [1.54, 1.807) is 0 Å². The van der Waals surface area contributed by atoms with E-state index >= 15 is 0 Å². The molecular formula is C21H29N3O2S. The van der Waals surface area contributed by atoms with E-state index in [-0.39, 0.29) is 18.1 Å². The van der Waals surface area contributed by atoms with Crippen LogP contribution in [0.3, 0.4) is 0 Å². The molecule has 2 heterocycles. The largest absolute Gasteiger partial charge is 0.392 e. The summed E-state index contributed by atoms with van der Waals surface area (Å²) in [6.07, 6.45) is 1.55. The van der Waals surface area contributed by atoms with Gasteiger partial charge in [0.15, 0.2) is 0 Å². The number of hydrogen-bond acceptors (Lipinski definition) is 5. The first kappa shape index (κ1) is 19.9. The number of benzene rings is 1. The van der Waals surface area contributed by atoms with Crippen LogP contribution in [-0.2, 0) is 0 Å². The van der Waals surface area contributed by atoms with Gasteiger partial charge in [0, 0.05) is 33.2 Å². The number of hydrogen-bond donors (Lipinski definition) is 2. The number of nitrogens with zero attached hydrogens (tertiary/aromatic N) is 2. The summed E-state index contributed by atoms with van der Waals surface area (Å²) in [5.74, 6) is 0.000395. The Labute approximate surface area is 165 Å². The van der Waals surface area contributed by atoms with E-state index in [1.165, 1.54) is 16.9 Å². The molecule has 2 N–H and O–H groups in total. The molecule has 6 heteroatoms. The van der Waals surface area contributed by atoms with Gasteiger partial charge in [0.2, 0.25) is 0 Å². The molecule has 1 fully saturated rings. The fourth-order valence-corrected chi connectivity index (χ4v) is 4.40. The molecule has 0 spiro atoms. The lowest BCUT2D eigenvalue weighted by atomic mass is 10.1. The first-order valence-electron chi connectivity index (χ1n) is 9.64. The molecule has 2 unspecified atom stereocenters. The zero-order valence-corrected chi connectivity index (χ0v) is 16.9. The number of carbonyl (C=O) groups is 1. The summed E-state index contributed by atoms with van der Waals surface area (Å²) in [7, 11) is 2.09. The van der Waals surface area contributed by atoms with Crippen LogP contribution in [0.2, 0.25) is 0 Å². The number of β-amino-alcohol motifs (C(OH)–C–C–N with tert-alkyl or cyclic N) is 1. The molecule has 1 aliphatic heterocycles. The predicted octanol–water partition coefficient (Wildman–Crippen LogP) is 3.13. The number of nitrogens with one attached hydrogen (secondary N) is 1. The van der Waals surface area contributed by atoms with Crippen molar-refractivity contribution in [3.8, 4) is 0 Å². The molecule has 0 saturated carbocycles. The Balaban J connectivity index is 1.77. The maximum atomic E-state index is 12.2. The number of thiophene rings is 1. The molecule has 0 radical (unpaired) electrons. The first-order chi connectivity index (χ1) is 13.1. The van der Waals surface area contributed by atoms with Gasteiger partial charge in [-0.1, -0.05) is 37.3 Å². The molecular weight excluding hydrogens is 358 g/mol. The Morgan fingerprint density at radius 1 is 1.33 bits per heavy atom. The van der Waals surface area contributed by atoms with Gasteiger partial charge in [0.25, 0.3) is 5.91 Å². The van der Waals surface area contributed by atoms with E-state index in [2.05, 4.69) is 46.4 Å². The number of aliphatic hydroxyl groups is 1. The van der Waals surface area contributed by atoms with Gasteiger partial charge in [0.05, 0.1) is 22.0 Å². The second-order valence-electron chi connectivity index (χ2n) is 7.13. The van der Waals surface area contributed by atoms with Crippen LogP contribution in [0.4, 0.5) is 5.00 Å². The standard InChI is InChI=1S/C21H29N3O2S/c1-3-12-22-21(26)19-9-10-20(27-19)23(2)18(16-7-5-4-6-8-16)15-24-13-11-17(25)14-24/h4-10,17-18,25H,3,11-15H2,1-2H3,(H,22,26).